The van der Waals surface area contributed by atoms with Crippen LogP contribution in [-0.2, 0) is 0 Å². The van der Waals surface area contributed by atoms with Gasteiger partial charge in [-0.05, 0) is 146 Å². The lowest BCUT2D eigenvalue weighted by Crippen LogP contribution is -2.33. The van der Waals surface area contributed by atoms with Crippen LogP contribution in [0, 0.1) is 0 Å². The molecule has 14 aromatic carbocycles. The molecule has 20 rings (SSSR count). The molecule has 1 aliphatic heterocycles. The molecule has 1 aliphatic rings. The predicted octanol–water partition coefficient (Wildman–Crippen LogP) is 24.7. The lowest BCUT2D eigenvalue weighted by molar-refractivity contribution is 0.669. The first-order valence-corrected chi connectivity index (χ1v) is 35.9. The maximum Gasteiger partial charge on any atom is 0.164 e. The summed E-state index contributed by atoms with van der Waals surface area (Å²) >= 11 is 5.45. The number of hydrogen-bond acceptors (Lipinski definition) is 10. The smallest absolute Gasteiger partial charge is 0.164 e. The van der Waals surface area contributed by atoms with Crippen molar-refractivity contribution in [2.75, 3.05) is 0 Å². The van der Waals surface area contributed by atoms with Gasteiger partial charge >= 0.3 is 0 Å². The number of aromatic nitrogens is 3. The van der Waals surface area contributed by atoms with E-state index in [1.807, 2.05) is 59.1 Å². The fourth-order valence-corrected chi connectivity index (χ4v) is 17.8. The molecule has 0 saturated heterocycles. The average molecular weight is 1330 g/mol. The molecular formula is C90H54N6OS3. The molecule has 5 aromatic heterocycles. The summed E-state index contributed by atoms with van der Waals surface area (Å²) in [5, 5.41) is 13.4. The van der Waals surface area contributed by atoms with Crippen LogP contribution < -0.4 is 5.32 Å². The normalized spacial score (nSPS) is 13.3. The van der Waals surface area contributed by atoms with Crippen molar-refractivity contribution in [2.24, 2.45) is 9.98 Å². The molecule has 7 nitrogen and oxygen atoms in total. The number of benzene rings is 14. The molecule has 0 fully saturated rings. The summed E-state index contributed by atoms with van der Waals surface area (Å²) in [5.41, 5.74) is 18.9. The van der Waals surface area contributed by atoms with E-state index in [4.69, 9.17) is 29.4 Å². The lowest BCUT2D eigenvalue weighted by atomic mass is 9.95. The first-order valence-electron chi connectivity index (χ1n) is 33.4. The highest BCUT2D eigenvalue weighted by Crippen LogP contribution is 2.44. The Morgan fingerprint density at radius 2 is 0.660 bits per heavy atom. The summed E-state index contributed by atoms with van der Waals surface area (Å²) in [4.78, 5) is 26.3. The number of fused-ring (bicyclic) bond motifs is 12. The summed E-state index contributed by atoms with van der Waals surface area (Å²) in [5.74, 6) is 3.36. The Morgan fingerprint density at radius 3 is 1.38 bits per heavy atom. The van der Waals surface area contributed by atoms with Gasteiger partial charge in [0.2, 0.25) is 0 Å². The van der Waals surface area contributed by atoms with Gasteiger partial charge in [0.25, 0.3) is 0 Å². The van der Waals surface area contributed by atoms with E-state index in [9.17, 15) is 0 Å². The first kappa shape index (κ1) is 57.9. The summed E-state index contributed by atoms with van der Waals surface area (Å²) in [6.45, 7) is 0. The predicted molar refractivity (Wildman–Crippen MR) is 421 cm³/mol. The summed E-state index contributed by atoms with van der Waals surface area (Å²) < 4.78 is 13.6. The van der Waals surface area contributed by atoms with E-state index in [-0.39, 0.29) is 6.17 Å². The van der Waals surface area contributed by atoms with E-state index < -0.39 is 0 Å². The molecule has 468 valence electrons. The van der Waals surface area contributed by atoms with Crippen LogP contribution in [0.4, 0.5) is 0 Å². The van der Waals surface area contributed by atoms with E-state index in [0.29, 0.717) is 23.3 Å². The van der Waals surface area contributed by atoms with Crippen LogP contribution in [-0.4, -0.2) is 26.6 Å². The van der Waals surface area contributed by atoms with Gasteiger partial charge in [-0.3, -0.25) is 0 Å². The van der Waals surface area contributed by atoms with E-state index in [1.165, 1.54) is 71.6 Å². The highest BCUT2D eigenvalue weighted by atomic mass is 32.1. The molecule has 10 heteroatoms. The van der Waals surface area contributed by atoms with E-state index in [0.717, 1.165) is 106 Å². The molecule has 1 N–H and O–H groups in total. The van der Waals surface area contributed by atoms with Gasteiger partial charge in [-0.2, -0.15) is 0 Å². The molecule has 0 radical (unpaired) electrons. The van der Waals surface area contributed by atoms with Crippen LogP contribution in [0.2, 0.25) is 0 Å². The van der Waals surface area contributed by atoms with Gasteiger partial charge in [-0.1, -0.05) is 231 Å². The zero-order valence-electron chi connectivity index (χ0n) is 53.5. The second-order valence-electron chi connectivity index (χ2n) is 25.5. The van der Waals surface area contributed by atoms with Gasteiger partial charge in [-0.15, -0.1) is 34.0 Å². The number of rotatable bonds is 11. The quantitative estimate of drug-likeness (QED) is 0.139. The number of hydrogen-bond donors (Lipinski definition) is 1. The number of aliphatic imine (C=N–C) groups is 2. The Kier molecular flexibility index (Phi) is 13.8. The van der Waals surface area contributed by atoms with E-state index >= 15 is 0 Å². The Hall–Kier alpha value is -12.3. The third-order valence-corrected chi connectivity index (χ3v) is 22.8. The van der Waals surface area contributed by atoms with Crippen molar-refractivity contribution in [1.82, 2.24) is 20.3 Å². The standard InChI is InChI=1S/C90H54N6OS3/c1-4-15-53(16-5-1)66-44-67(46-68(45-66)90-95-86(56-19-8-3-9-20-56)93-89(96-90)64-34-40-72-71-24-11-13-26-79(71)98-83(72)51-64)63-33-39-75-76-47-60(36-42-80(76)99-82(75)50-63)62-32-38-73-74-41-35-65(52-84(74)100-81(73)49-62)88-92-85(55-17-6-2-7-18-55)91-87(94-88)57-29-27-54(28-30-57)58-21-14-22-59(43-58)61-31-37-70-69-23-10-12-25-77(69)97-78(70)48-61/h1-52,85H,(H,91,92,94). The zero-order valence-corrected chi connectivity index (χ0v) is 55.9. The van der Waals surface area contributed by atoms with Crippen molar-refractivity contribution < 1.29 is 4.42 Å². The minimum atomic E-state index is -0.325. The topological polar surface area (TPSA) is 88.6 Å². The monoisotopic (exact) mass is 1330 g/mol. The summed E-state index contributed by atoms with van der Waals surface area (Å²) in [6.07, 6.45) is -0.325. The van der Waals surface area contributed by atoms with E-state index in [1.54, 1.807) is 11.3 Å². The van der Waals surface area contributed by atoms with Crippen LogP contribution in [0.5, 0.6) is 0 Å². The second-order valence-corrected chi connectivity index (χ2v) is 28.8. The van der Waals surface area contributed by atoms with Gasteiger partial charge in [-0.25, -0.2) is 24.9 Å². The van der Waals surface area contributed by atoms with Crippen LogP contribution >= 0.6 is 34.0 Å². The summed E-state index contributed by atoms with van der Waals surface area (Å²) in [6, 6.07) is 113. The van der Waals surface area contributed by atoms with Crippen LogP contribution in [0.1, 0.15) is 22.9 Å². The van der Waals surface area contributed by atoms with Crippen LogP contribution in [0.15, 0.2) is 330 Å². The molecule has 0 aliphatic carbocycles. The minimum absolute atomic E-state index is 0.325. The Morgan fingerprint density at radius 1 is 0.250 bits per heavy atom. The number of furan rings is 1. The molecule has 1 atom stereocenters. The zero-order chi connectivity index (χ0) is 65.8. The SMILES string of the molecule is c1ccc(-c2cc(-c3ccc4c(c3)sc3ccc(-c5ccc6c(c5)sc5cc(C7=NC(c8ccccc8)NC(c8ccc(-c9cccc(-c%10ccc%11c(c%10)oc%10ccccc%10%11)c9)cc8)=N7)ccc56)cc34)cc(-c3nc(-c4ccccc4)nc(-c4ccc5c(c4)sc4ccccc45)n3)c2)cc1. The number of para-hydroxylation sites is 1. The van der Waals surface area contributed by atoms with Gasteiger partial charge in [0, 0.05) is 99.1 Å². The highest BCUT2D eigenvalue weighted by molar-refractivity contribution is 7.26. The number of amidine groups is 2. The average Bonchev–Trinajstić information content (AvgIpc) is 1.53. The molecular weight excluding hydrogens is 1280 g/mol. The fraction of sp³-hybridized carbons (Fsp3) is 0.0111. The molecule has 0 bridgehead atoms. The van der Waals surface area contributed by atoms with Crippen molar-refractivity contribution >= 4 is 128 Å². The van der Waals surface area contributed by atoms with Gasteiger partial charge in [0.1, 0.15) is 23.2 Å². The molecule has 0 saturated carbocycles. The maximum atomic E-state index is 6.26. The summed E-state index contributed by atoms with van der Waals surface area (Å²) in [7, 11) is 0. The van der Waals surface area contributed by atoms with E-state index in [2.05, 4.69) is 284 Å². The molecule has 0 spiro atoms. The van der Waals surface area contributed by atoms with Crippen LogP contribution in [0.3, 0.4) is 0 Å². The lowest BCUT2D eigenvalue weighted by Gasteiger charge is -2.23. The third-order valence-electron chi connectivity index (χ3n) is 19.4. The molecule has 19 aromatic rings. The Bertz CT molecular complexity index is 6570. The van der Waals surface area contributed by atoms with Gasteiger partial charge < -0.3 is 9.73 Å². The van der Waals surface area contributed by atoms with Crippen LogP contribution in [0.25, 0.3) is 172 Å². The third kappa shape index (κ3) is 10.3. The number of nitrogens with zero attached hydrogens (tertiary/aromatic N) is 5. The van der Waals surface area contributed by atoms with Crippen molar-refractivity contribution in [3.63, 3.8) is 0 Å². The van der Waals surface area contributed by atoms with Gasteiger partial charge in [0.05, 0.1) is 0 Å². The Balaban J connectivity index is 0.604. The second kappa shape index (κ2) is 23.8. The first-order chi connectivity index (χ1) is 49.4. The number of thiophene rings is 3. The molecule has 1 unspecified atom stereocenters. The minimum Gasteiger partial charge on any atom is -0.456 e. The Labute approximate surface area is 586 Å². The van der Waals surface area contributed by atoms with Crippen molar-refractivity contribution in [1.29, 1.82) is 0 Å². The van der Waals surface area contributed by atoms with Gasteiger partial charge in [0.15, 0.2) is 23.3 Å². The molecule has 0 amide bonds. The van der Waals surface area contributed by atoms with Crippen molar-refractivity contribution in [3.05, 3.63) is 332 Å². The highest BCUT2D eigenvalue weighted by Gasteiger charge is 2.24. The van der Waals surface area contributed by atoms with Crippen molar-refractivity contribution in [3.8, 4) is 89.8 Å². The fourth-order valence-electron chi connectivity index (χ4n) is 14.3. The molecule has 6 heterocycles. The van der Waals surface area contributed by atoms with Crippen molar-refractivity contribution in [2.45, 2.75) is 6.17 Å². The largest absolute Gasteiger partial charge is 0.456 e. The molecule has 100 heavy (non-hydrogen) atoms. The number of nitrogens with one attached hydrogen (secondary N) is 1. The maximum absolute atomic E-state index is 6.26.